The fourth-order valence-corrected chi connectivity index (χ4v) is 4.22. The minimum Gasteiger partial charge on any atom is -0.493 e. The summed E-state index contributed by atoms with van der Waals surface area (Å²) in [6, 6.07) is 23.9. The van der Waals surface area contributed by atoms with E-state index in [0.29, 0.717) is 13.0 Å². The molecule has 0 saturated carbocycles. The maximum Gasteiger partial charge on any atom is 0.224 e. The third-order valence-corrected chi connectivity index (χ3v) is 5.84. The number of fused-ring (bicyclic) bond motifs is 1. The highest BCUT2D eigenvalue weighted by Crippen LogP contribution is 2.24. The summed E-state index contributed by atoms with van der Waals surface area (Å²) in [5.74, 6) is 1.82. The van der Waals surface area contributed by atoms with Crippen molar-refractivity contribution in [1.82, 2.24) is 14.9 Å². The van der Waals surface area contributed by atoms with Crippen LogP contribution in [0.5, 0.6) is 5.75 Å². The number of rotatable bonds is 9. The monoisotopic (exact) mass is 441 g/mol. The summed E-state index contributed by atoms with van der Waals surface area (Å²) in [5, 5.41) is 3.12. The summed E-state index contributed by atoms with van der Waals surface area (Å²) in [4.78, 5) is 17.5. The lowest BCUT2D eigenvalue weighted by Crippen LogP contribution is -2.30. The van der Waals surface area contributed by atoms with Crippen molar-refractivity contribution in [3.05, 3.63) is 95.3 Å². The summed E-state index contributed by atoms with van der Waals surface area (Å²) in [6.45, 7) is 7.52. The van der Waals surface area contributed by atoms with E-state index in [1.165, 1.54) is 0 Å². The number of carbonyl (C=O) groups is 1. The van der Waals surface area contributed by atoms with E-state index in [0.717, 1.165) is 52.3 Å². The molecule has 0 aliphatic rings. The second kappa shape index (κ2) is 10.3. The topological polar surface area (TPSA) is 56.1 Å². The SMILES string of the molecule is Cc1cccc(C)c1OCCCn1c(C(C)NC(=O)Cc2ccccc2)nc2ccccc21. The van der Waals surface area contributed by atoms with Crippen molar-refractivity contribution in [2.45, 2.75) is 46.2 Å². The van der Waals surface area contributed by atoms with Gasteiger partial charge in [0.25, 0.3) is 0 Å². The van der Waals surface area contributed by atoms with E-state index < -0.39 is 0 Å². The van der Waals surface area contributed by atoms with Crippen molar-refractivity contribution >= 4 is 16.9 Å². The highest BCUT2D eigenvalue weighted by atomic mass is 16.5. The summed E-state index contributed by atoms with van der Waals surface area (Å²) >= 11 is 0. The molecule has 0 spiro atoms. The van der Waals surface area contributed by atoms with Crippen LogP contribution in [-0.4, -0.2) is 22.1 Å². The first-order chi connectivity index (χ1) is 16.0. The zero-order valence-corrected chi connectivity index (χ0v) is 19.5. The van der Waals surface area contributed by atoms with Gasteiger partial charge in [-0.2, -0.15) is 0 Å². The summed E-state index contributed by atoms with van der Waals surface area (Å²) < 4.78 is 8.31. The van der Waals surface area contributed by atoms with Gasteiger partial charge in [-0.1, -0.05) is 60.7 Å². The Kier molecular flexibility index (Phi) is 7.08. The minimum atomic E-state index is -0.201. The van der Waals surface area contributed by atoms with Gasteiger partial charge in [-0.25, -0.2) is 4.98 Å². The van der Waals surface area contributed by atoms with Gasteiger partial charge in [0, 0.05) is 6.54 Å². The fourth-order valence-electron chi connectivity index (χ4n) is 4.22. The molecule has 5 nitrogen and oxygen atoms in total. The lowest BCUT2D eigenvalue weighted by Gasteiger charge is -2.17. The number of para-hydroxylation sites is 3. The molecule has 1 unspecified atom stereocenters. The van der Waals surface area contributed by atoms with Crippen LogP contribution in [0.25, 0.3) is 11.0 Å². The Hall–Kier alpha value is -3.60. The molecule has 1 atom stereocenters. The smallest absolute Gasteiger partial charge is 0.224 e. The fraction of sp³-hybridized carbons (Fsp3) is 0.286. The normalized spacial score (nSPS) is 12.0. The van der Waals surface area contributed by atoms with Crippen molar-refractivity contribution in [2.75, 3.05) is 6.61 Å². The van der Waals surface area contributed by atoms with Crippen molar-refractivity contribution in [1.29, 1.82) is 0 Å². The lowest BCUT2D eigenvalue weighted by atomic mass is 10.1. The molecule has 0 fully saturated rings. The van der Waals surface area contributed by atoms with Crippen LogP contribution < -0.4 is 10.1 Å². The van der Waals surface area contributed by atoms with Gasteiger partial charge >= 0.3 is 0 Å². The van der Waals surface area contributed by atoms with Crippen LogP contribution in [0.15, 0.2) is 72.8 Å². The highest BCUT2D eigenvalue weighted by Gasteiger charge is 2.18. The van der Waals surface area contributed by atoms with Crippen molar-refractivity contribution < 1.29 is 9.53 Å². The highest BCUT2D eigenvalue weighted by molar-refractivity contribution is 5.79. The molecular weight excluding hydrogens is 410 g/mol. The molecule has 5 heteroatoms. The molecule has 170 valence electrons. The predicted molar refractivity (Wildman–Crippen MR) is 132 cm³/mol. The van der Waals surface area contributed by atoms with Crippen LogP contribution in [0.4, 0.5) is 0 Å². The molecule has 0 saturated heterocycles. The molecule has 4 rings (SSSR count). The van der Waals surface area contributed by atoms with Gasteiger partial charge in [-0.3, -0.25) is 4.79 Å². The Labute approximate surface area is 195 Å². The van der Waals surface area contributed by atoms with Crippen LogP contribution >= 0.6 is 0 Å². The Morgan fingerprint density at radius 2 is 1.67 bits per heavy atom. The average Bonchev–Trinajstić information content (AvgIpc) is 3.17. The zero-order chi connectivity index (χ0) is 23.2. The Morgan fingerprint density at radius 1 is 0.970 bits per heavy atom. The molecule has 4 aromatic rings. The Balaban J connectivity index is 1.45. The number of nitrogens with zero attached hydrogens (tertiary/aromatic N) is 2. The quantitative estimate of drug-likeness (QED) is 0.347. The summed E-state index contributed by atoms with van der Waals surface area (Å²) in [5.41, 5.74) is 5.31. The first-order valence-corrected chi connectivity index (χ1v) is 11.5. The minimum absolute atomic E-state index is 0.00864. The van der Waals surface area contributed by atoms with Gasteiger partial charge < -0.3 is 14.6 Å². The second-order valence-electron chi connectivity index (χ2n) is 8.48. The van der Waals surface area contributed by atoms with E-state index in [-0.39, 0.29) is 11.9 Å². The third-order valence-electron chi connectivity index (χ3n) is 5.84. The van der Waals surface area contributed by atoms with E-state index >= 15 is 0 Å². The summed E-state index contributed by atoms with van der Waals surface area (Å²) in [6.07, 6.45) is 1.20. The number of aromatic nitrogens is 2. The molecule has 1 N–H and O–H groups in total. The molecule has 1 heterocycles. The maximum absolute atomic E-state index is 12.6. The number of benzene rings is 3. The number of amides is 1. The second-order valence-corrected chi connectivity index (χ2v) is 8.48. The van der Waals surface area contributed by atoms with Crippen LogP contribution in [0.1, 0.15) is 41.9 Å². The zero-order valence-electron chi connectivity index (χ0n) is 19.5. The number of imidazole rings is 1. The third kappa shape index (κ3) is 5.43. The molecular formula is C28H31N3O2. The van der Waals surface area contributed by atoms with Crippen LogP contribution in [-0.2, 0) is 17.8 Å². The molecule has 0 radical (unpaired) electrons. The Morgan fingerprint density at radius 3 is 2.42 bits per heavy atom. The van der Waals surface area contributed by atoms with E-state index in [1.54, 1.807) is 0 Å². The number of ether oxygens (including phenoxy) is 1. The van der Waals surface area contributed by atoms with Gasteiger partial charge in [0.2, 0.25) is 5.91 Å². The number of aryl methyl sites for hydroxylation is 3. The Bertz CT molecular complexity index is 1210. The lowest BCUT2D eigenvalue weighted by molar-refractivity contribution is -0.121. The van der Waals surface area contributed by atoms with Crippen molar-refractivity contribution in [3.63, 3.8) is 0 Å². The van der Waals surface area contributed by atoms with E-state index in [2.05, 4.69) is 48.0 Å². The number of nitrogens with one attached hydrogen (secondary N) is 1. The number of carbonyl (C=O) groups excluding carboxylic acids is 1. The molecule has 0 bridgehead atoms. The molecule has 3 aromatic carbocycles. The standard InChI is InChI=1S/C28H31N3O2/c1-20-11-9-12-21(2)27(20)33-18-10-17-31-25-16-8-7-15-24(25)30-28(31)22(3)29-26(32)19-23-13-5-4-6-14-23/h4-9,11-16,22H,10,17-19H2,1-3H3,(H,29,32). The van der Waals surface area contributed by atoms with E-state index in [4.69, 9.17) is 9.72 Å². The van der Waals surface area contributed by atoms with Crippen molar-refractivity contribution in [3.8, 4) is 5.75 Å². The number of hydrogen-bond donors (Lipinski definition) is 1. The van der Waals surface area contributed by atoms with Gasteiger partial charge in [0.1, 0.15) is 11.6 Å². The van der Waals surface area contributed by atoms with Gasteiger partial charge in [0.15, 0.2) is 0 Å². The predicted octanol–water partition coefficient (Wildman–Crippen LogP) is 5.54. The van der Waals surface area contributed by atoms with Crippen LogP contribution in [0.2, 0.25) is 0 Å². The van der Waals surface area contributed by atoms with E-state index in [9.17, 15) is 4.79 Å². The molecule has 33 heavy (non-hydrogen) atoms. The summed E-state index contributed by atoms with van der Waals surface area (Å²) in [7, 11) is 0. The molecule has 0 aliphatic heterocycles. The largest absolute Gasteiger partial charge is 0.493 e. The van der Waals surface area contributed by atoms with Crippen LogP contribution in [0, 0.1) is 13.8 Å². The first kappa shape index (κ1) is 22.6. The van der Waals surface area contributed by atoms with Gasteiger partial charge in [-0.15, -0.1) is 0 Å². The van der Waals surface area contributed by atoms with E-state index in [1.807, 2.05) is 55.5 Å². The molecule has 1 amide bonds. The molecule has 1 aromatic heterocycles. The average molecular weight is 442 g/mol. The first-order valence-electron chi connectivity index (χ1n) is 11.5. The number of hydrogen-bond acceptors (Lipinski definition) is 3. The van der Waals surface area contributed by atoms with Gasteiger partial charge in [-0.05, 0) is 56.0 Å². The van der Waals surface area contributed by atoms with Gasteiger partial charge in [0.05, 0.1) is 30.1 Å². The molecule has 0 aliphatic carbocycles. The van der Waals surface area contributed by atoms with Crippen LogP contribution in [0.3, 0.4) is 0 Å². The van der Waals surface area contributed by atoms with Crippen molar-refractivity contribution in [2.24, 2.45) is 0 Å². The maximum atomic E-state index is 12.6.